The Labute approximate surface area is 96.3 Å². The van der Waals surface area contributed by atoms with Gasteiger partial charge in [0.1, 0.15) is 18.8 Å². The SMILES string of the molecule is OC1c2ccccc2C=CC1OCC(F)(F)F. The number of alkyl halides is 3. The fraction of sp³-hybridized carbons (Fsp3) is 0.333. The lowest BCUT2D eigenvalue weighted by atomic mass is 9.93. The number of aliphatic hydroxyl groups is 1. The molecule has 2 atom stereocenters. The summed E-state index contributed by atoms with van der Waals surface area (Å²) in [5.41, 5.74) is 1.38. The number of hydrogen-bond donors (Lipinski definition) is 1. The van der Waals surface area contributed by atoms with Gasteiger partial charge in [-0.05, 0) is 11.1 Å². The molecule has 92 valence electrons. The van der Waals surface area contributed by atoms with Gasteiger partial charge in [0.2, 0.25) is 0 Å². The maximum atomic E-state index is 12.0. The molecule has 2 unspecified atom stereocenters. The number of benzene rings is 1. The lowest BCUT2D eigenvalue weighted by molar-refractivity contribution is -0.189. The Balaban J connectivity index is 2.10. The average molecular weight is 244 g/mol. The van der Waals surface area contributed by atoms with Crippen LogP contribution >= 0.6 is 0 Å². The van der Waals surface area contributed by atoms with Crippen LogP contribution in [-0.4, -0.2) is 24.0 Å². The van der Waals surface area contributed by atoms with Crippen LogP contribution in [0, 0.1) is 0 Å². The number of ether oxygens (including phenoxy) is 1. The minimum atomic E-state index is -4.38. The molecular formula is C12H11F3O2. The minimum Gasteiger partial charge on any atom is -0.385 e. The molecule has 0 aromatic heterocycles. The predicted molar refractivity (Wildman–Crippen MR) is 56.2 cm³/mol. The van der Waals surface area contributed by atoms with Gasteiger partial charge in [-0.2, -0.15) is 13.2 Å². The first kappa shape index (κ1) is 12.1. The summed E-state index contributed by atoms with van der Waals surface area (Å²) in [7, 11) is 0. The van der Waals surface area contributed by atoms with Crippen molar-refractivity contribution in [3.8, 4) is 0 Å². The van der Waals surface area contributed by atoms with E-state index in [4.69, 9.17) is 0 Å². The Morgan fingerprint density at radius 2 is 1.94 bits per heavy atom. The molecule has 1 N–H and O–H groups in total. The van der Waals surface area contributed by atoms with Crippen LogP contribution in [-0.2, 0) is 4.74 Å². The van der Waals surface area contributed by atoms with Crippen molar-refractivity contribution in [3.63, 3.8) is 0 Å². The molecule has 0 spiro atoms. The van der Waals surface area contributed by atoms with Gasteiger partial charge in [0, 0.05) is 0 Å². The normalized spacial score (nSPS) is 23.5. The van der Waals surface area contributed by atoms with E-state index in [1.165, 1.54) is 6.08 Å². The van der Waals surface area contributed by atoms with E-state index >= 15 is 0 Å². The molecule has 1 aromatic carbocycles. The minimum absolute atomic E-state index is 0.585. The molecule has 0 radical (unpaired) electrons. The van der Waals surface area contributed by atoms with Gasteiger partial charge in [0.25, 0.3) is 0 Å². The first-order chi connectivity index (χ1) is 7.97. The first-order valence-corrected chi connectivity index (χ1v) is 5.11. The Kier molecular flexibility index (Phi) is 3.22. The van der Waals surface area contributed by atoms with Gasteiger partial charge >= 0.3 is 6.18 Å². The third kappa shape index (κ3) is 2.87. The highest BCUT2D eigenvalue weighted by Gasteiger charge is 2.32. The van der Waals surface area contributed by atoms with E-state index in [0.29, 0.717) is 5.56 Å². The van der Waals surface area contributed by atoms with Crippen LogP contribution in [0.4, 0.5) is 13.2 Å². The second-order valence-corrected chi connectivity index (χ2v) is 3.82. The number of aliphatic hydroxyl groups excluding tert-OH is 1. The zero-order chi connectivity index (χ0) is 12.5. The molecule has 1 aliphatic carbocycles. The molecule has 2 nitrogen and oxygen atoms in total. The Bertz CT molecular complexity index is 426. The van der Waals surface area contributed by atoms with Gasteiger partial charge in [-0.15, -0.1) is 0 Å². The highest BCUT2D eigenvalue weighted by atomic mass is 19.4. The van der Waals surface area contributed by atoms with Crippen molar-refractivity contribution in [3.05, 3.63) is 41.5 Å². The summed E-state index contributed by atoms with van der Waals surface area (Å²) in [4.78, 5) is 0. The van der Waals surface area contributed by atoms with Gasteiger partial charge in [0.15, 0.2) is 0 Å². The summed E-state index contributed by atoms with van der Waals surface area (Å²) in [6.07, 6.45) is -3.29. The highest BCUT2D eigenvalue weighted by molar-refractivity contribution is 5.58. The average Bonchev–Trinajstić information content (AvgIpc) is 2.27. The summed E-state index contributed by atoms with van der Waals surface area (Å²) in [5.74, 6) is 0. The van der Waals surface area contributed by atoms with Crippen molar-refractivity contribution < 1.29 is 23.0 Å². The van der Waals surface area contributed by atoms with Crippen LogP contribution in [0.3, 0.4) is 0 Å². The quantitative estimate of drug-likeness (QED) is 0.866. The molecule has 0 saturated heterocycles. The molecule has 0 bridgehead atoms. The lowest BCUT2D eigenvalue weighted by Gasteiger charge is -2.26. The predicted octanol–water partition coefficient (Wildman–Crippen LogP) is 2.69. The molecule has 2 rings (SSSR count). The van der Waals surface area contributed by atoms with Crippen molar-refractivity contribution >= 4 is 6.08 Å². The van der Waals surface area contributed by atoms with Crippen molar-refractivity contribution in [1.82, 2.24) is 0 Å². The van der Waals surface area contributed by atoms with Crippen LogP contribution in [0.2, 0.25) is 0 Å². The molecule has 0 saturated carbocycles. The number of hydrogen-bond acceptors (Lipinski definition) is 2. The van der Waals surface area contributed by atoms with E-state index in [-0.39, 0.29) is 0 Å². The third-order valence-corrected chi connectivity index (χ3v) is 2.53. The van der Waals surface area contributed by atoms with Crippen molar-refractivity contribution in [2.45, 2.75) is 18.4 Å². The topological polar surface area (TPSA) is 29.5 Å². The van der Waals surface area contributed by atoms with Crippen molar-refractivity contribution in [2.24, 2.45) is 0 Å². The third-order valence-electron chi connectivity index (χ3n) is 2.53. The zero-order valence-corrected chi connectivity index (χ0v) is 8.82. The van der Waals surface area contributed by atoms with E-state index in [2.05, 4.69) is 4.74 Å². The molecule has 0 fully saturated rings. The molecule has 0 heterocycles. The lowest BCUT2D eigenvalue weighted by Crippen LogP contribution is -2.28. The summed E-state index contributed by atoms with van der Waals surface area (Å²) < 4.78 is 40.7. The maximum absolute atomic E-state index is 12.0. The standard InChI is InChI=1S/C12H11F3O2/c13-12(14,15)7-17-10-6-5-8-3-1-2-4-9(8)11(10)16/h1-6,10-11,16H,7H2. The fourth-order valence-electron chi connectivity index (χ4n) is 1.75. The smallest absolute Gasteiger partial charge is 0.385 e. The number of fused-ring (bicyclic) bond motifs is 1. The zero-order valence-electron chi connectivity index (χ0n) is 8.82. The molecule has 17 heavy (non-hydrogen) atoms. The second-order valence-electron chi connectivity index (χ2n) is 3.82. The summed E-state index contributed by atoms with van der Waals surface area (Å²) >= 11 is 0. The van der Waals surface area contributed by atoms with E-state index in [0.717, 1.165) is 5.56 Å². The molecule has 1 aliphatic rings. The van der Waals surface area contributed by atoms with Crippen LogP contribution in [0.25, 0.3) is 6.08 Å². The Morgan fingerprint density at radius 3 is 2.65 bits per heavy atom. The fourth-order valence-corrected chi connectivity index (χ4v) is 1.75. The Hall–Kier alpha value is -1.33. The van der Waals surface area contributed by atoms with Crippen LogP contribution in [0.5, 0.6) is 0 Å². The summed E-state index contributed by atoms with van der Waals surface area (Å²) in [6, 6.07) is 6.98. The highest BCUT2D eigenvalue weighted by Crippen LogP contribution is 2.30. The van der Waals surface area contributed by atoms with Crippen LogP contribution < -0.4 is 0 Å². The summed E-state index contributed by atoms with van der Waals surface area (Å²) in [6.45, 7) is -1.36. The van der Waals surface area contributed by atoms with Crippen molar-refractivity contribution in [2.75, 3.05) is 6.61 Å². The number of halogens is 3. The van der Waals surface area contributed by atoms with Gasteiger partial charge < -0.3 is 9.84 Å². The maximum Gasteiger partial charge on any atom is 0.411 e. The largest absolute Gasteiger partial charge is 0.411 e. The van der Waals surface area contributed by atoms with Gasteiger partial charge in [-0.25, -0.2) is 0 Å². The second kappa shape index (κ2) is 4.50. The van der Waals surface area contributed by atoms with Crippen LogP contribution in [0.15, 0.2) is 30.3 Å². The molecule has 0 amide bonds. The van der Waals surface area contributed by atoms with Crippen molar-refractivity contribution in [1.29, 1.82) is 0 Å². The molecule has 0 aliphatic heterocycles. The van der Waals surface area contributed by atoms with Gasteiger partial charge in [-0.1, -0.05) is 36.4 Å². The van der Waals surface area contributed by atoms with E-state index in [1.807, 2.05) is 0 Å². The van der Waals surface area contributed by atoms with E-state index < -0.39 is 25.0 Å². The molecule has 1 aromatic rings. The van der Waals surface area contributed by atoms with E-state index in [1.54, 1.807) is 30.3 Å². The molecular weight excluding hydrogens is 233 g/mol. The first-order valence-electron chi connectivity index (χ1n) is 5.11. The van der Waals surface area contributed by atoms with Gasteiger partial charge in [-0.3, -0.25) is 0 Å². The van der Waals surface area contributed by atoms with E-state index in [9.17, 15) is 18.3 Å². The Morgan fingerprint density at radius 1 is 1.24 bits per heavy atom. The number of rotatable bonds is 2. The van der Waals surface area contributed by atoms with Crippen LogP contribution in [0.1, 0.15) is 17.2 Å². The monoisotopic (exact) mass is 244 g/mol. The van der Waals surface area contributed by atoms with Gasteiger partial charge in [0.05, 0.1) is 0 Å². The molecule has 5 heteroatoms. The summed E-state index contributed by atoms with van der Waals surface area (Å²) in [5, 5.41) is 9.87.